The molecule has 1 aliphatic heterocycles. The molecule has 0 spiro atoms. The highest BCUT2D eigenvalue weighted by Crippen LogP contribution is 2.40. The molecule has 5 heteroatoms. The number of nitrogens with zero attached hydrogens (tertiary/aromatic N) is 1. The van der Waals surface area contributed by atoms with Crippen LogP contribution < -0.4 is 5.32 Å². The van der Waals surface area contributed by atoms with Crippen molar-refractivity contribution in [3.05, 3.63) is 44.8 Å². The molecule has 2 aromatic rings. The number of amides is 1. The van der Waals surface area contributed by atoms with Crippen molar-refractivity contribution in [1.82, 2.24) is 5.32 Å². The van der Waals surface area contributed by atoms with Crippen LogP contribution in [0.25, 0.3) is 0 Å². The van der Waals surface area contributed by atoms with E-state index in [0.29, 0.717) is 0 Å². The normalized spacial score (nSPS) is 26.7. The summed E-state index contributed by atoms with van der Waals surface area (Å²) in [4.78, 5) is 14.4. The highest BCUT2D eigenvalue weighted by Gasteiger charge is 2.38. The minimum atomic E-state index is -0.574. The summed E-state index contributed by atoms with van der Waals surface area (Å²) in [5.74, 6) is -0.716. The zero-order valence-corrected chi connectivity index (χ0v) is 11.7. The third kappa shape index (κ3) is 2.29. The Balaban J connectivity index is 1.92. The minimum Gasteiger partial charge on any atom is -0.347 e. The Morgan fingerprint density at radius 3 is 2.47 bits per heavy atom. The van der Waals surface area contributed by atoms with E-state index in [1.165, 1.54) is 0 Å². The fourth-order valence-electron chi connectivity index (χ4n) is 2.50. The van der Waals surface area contributed by atoms with Gasteiger partial charge in [-0.05, 0) is 29.3 Å². The van der Waals surface area contributed by atoms with Gasteiger partial charge in [0.2, 0.25) is 5.91 Å². The van der Waals surface area contributed by atoms with Gasteiger partial charge in [0.15, 0.2) is 0 Å². The quantitative estimate of drug-likeness (QED) is 0.922. The lowest BCUT2D eigenvalue weighted by Crippen LogP contribution is -2.42. The second kappa shape index (κ2) is 5.16. The SMILES string of the molecule is N#C[C@H]1C(=O)N[C@@H](c2cccs2)C[C@@H]1c1cccs1. The topological polar surface area (TPSA) is 52.9 Å². The molecule has 0 unspecified atom stereocenters. The van der Waals surface area contributed by atoms with E-state index in [2.05, 4.69) is 11.4 Å². The molecule has 19 heavy (non-hydrogen) atoms. The van der Waals surface area contributed by atoms with Gasteiger partial charge in [0.05, 0.1) is 12.1 Å². The summed E-state index contributed by atoms with van der Waals surface area (Å²) in [6.07, 6.45) is 0.797. The molecule has 0 saturated carbocycles. The maximum absolute atomic E-state index is 12.1. The van der Waals surface area contributed by atoms with E-state index in [1.807, 2.05) is 35.0 Å². The minimum absolute atomic E-state index is 0.00542. The van der Waals surface area contributed by atoms with Gasteiger partial charge in [-0.3, -0.25) is 4.79 Å². The molecule has 1 N–H and O–H groups in total. The average Bonchev–Trinajstić information content (AvgIpc) is 3.11. The Morgan fingerprint density at radius 1 is 1.21 bits per heavy atom. The molecule has 1 saturated heterocycles. The molecule has 2 aromatic heterocycles. The predicted molar refractivity (Wildman–Crippen MR) is 76.0 cm³/mol. The van der Waals surface area contributed by atoms with Gasteiger partial charge in [-0.25, -0.2) is 0 Å². The highest BCUT2D eigenvalue weighted by molar-refractivity contribution is 7.10. The summed E-state index contributed by atoms with van der Waals surface area (Å²) in [5.41, 5.74) is 0. The van der Waals surface area contributed by atoms with Gasteiger partial charge >= 0.3 is 0 Å². The lowest BCUT2D eigenvalue weighted by molar-refractivity contribution is -0.126. The van der Waals surface area contributed by atoms with Gasteiger partial charge in [-0.1, -0.05) is 12.1 Å². The number of nitrogens with one attached hydrogen (secondary N) is 1. The largest absolute Gasteiger partial charge is 0.347 e. The van der Waals surface area contributed by atoms with Gasteiger partial charge in [-0.15, -0.1) is 22.7 Å². The number of carbonyl (C=O) groups is 1. The molecular formula is C14H12N2OS2. The third-order valence-electron chi connectivity index (χ3n) is 3.43. The fraction of sp³-hybridized carbons (Fsp3) is 0.286. The monoisotopic (exact) mass is 288 g/mol. The number of rotatable bonds is 2. The van der Waals surface area contributed by atoms with Gasteiger partial charge < -0.3 is 5.32 Å². The van der Waals surface area contributed by atoms with E-state index in [-0.39, 0.29) is 17.9 Å². The molecule has 3 rings (SSSR count). The van der Waals surface area contributed by atoms with Crippen LogP contribution in [0, 0.1) is 17.2 Å². The zero-order chi connectivity index (χ0) is 13.2. The molecule has 3 nitrogen and oxygen atoms in total. The summed E-state index contributed by atoms with van der Waals surface area (Å²) in [6, 6.07) is 10.2. The summed E-state index contributed by atoms with van der Waals surface area (Å²) in [7, 11) is 0. The molecular weight excluding hydrogens is 276 g/mol. The molecule has 0 aliphatic carbocycles. The van der Waals surface area contributed by atoms with Crippen LogP contribution in [0.2, 0.25) is 0 Å². The molecule has 3 heterocycles. The van der Waals surface area contributed by atoms with Crippen LogP contribution in [0.5, 0.6) is 0 Å². The van der Waals surface area contributed by atoms with Crippen molar-refractivity contribution >= 4 is 28.6 Å². The summed E-state index contributed by atoms with van der Waals surface area (Å²) < 4.78 is 0. The molecule has 1 fully saturated rings. The van der Waals surface area contributed by atoms with Crippen molar-refractivity contribution in [3.63, 3.8) is 0 Å². The smallest absolute Gasteiger partial charge is 0.238 e. The zero-order valence-electron chi connectivity index (χ0n) is 10.1. The number of hydrogen-bond donors (Lipinski definition) is 1. The number of thiophene rings is 2. The summed E-state index contributed by atoms with van der Waals surface area (Å²) in [5, 5.41) is 16.2. The molecule has 0 bridgehead atoms. The van der Waals surface area contributed by atoms with Crippen LogP contribution in [-0.4, -0.2) is 5.91 Å². The van der Waals surface area contributed by atoms with Gasteiger partial charge in [0.25, 0.3) is 0 Å². The van der Waals surface area contributed by atoms with Crippen molar-refractivity contribution in [3.8, 4) is 6.07 Å². The molecule has 1 aliphatic rings. The lowest BCUT2D eigenvalue weighted by Gasteiger charge is -2.32. The first-order valence-electron chi connectivity index (χ1n) is 6.06. The Bertz CT molecular complexity index is 598. The van der Waals surface area contributed by atoms with Gasteiger partial charge in [-0.2, -0.15) is 5.26 Å². The molecule has 0 radical (unpaired) electrons. The summed E-state index contributed by atoms with van der Waals surface area (Å²) in [6.45, 7) is 0. The van der Waals surface area contributed by atoms with Crippen molar-refractivity contribution in [1.29, 1.82) is 5.26 Å². The van der Waals surface area contributed by atoms with Gasteiger partial charge in [0.1, 0.15) is 5.92 Å². The van der Waals surface area contributed by atoms with E-state index >= 15 is 0 Å². The maximum atomic E-state index is 12.1. The lowest BCUT2D eigenvalue weighted by atomic mass is 9.82. The maximum Gasteiger partial charge on any atom is 0.238 e. The average molecular weight is 288 g/mol. The van der Waals surface area contributed by atoms with E-state index in [1.54, 1.807) is 22.7 Å². The van der Waals surface area contributed by atoms with Crippen LogP contribution >= 0.6 is 22.7 Å². The van der Waals surface area contributed by atoms with Crippen LogP contribution in [0.1, 0.15) is 28.1 Å². The Hall–Kier alpha value is -1.64. The number of nitriles is 1. The Morgan fingerprint density at radius 2 is 1.89 bits per heavy atom. The van der Waals surface area contributed by atoms with Crippen LogP contribution in [0.3, 0.4) is 0 Å². The van der Waals surface area contributed by atoms with Gasteiger partial charge in [0, 0.05) is 15.7 Å². The van der Waals surface area contributed by atoms with Crippen molar-refractivity contribution in [2.24, 2.45) is 5.92 Å². The van der Waals surface area contributed by atoms with Crippen molar-refractivity contribution in [2.45, 2.75) is 18.4 Å². The first-order chi connectivity index (χ1) is 9.29. The second-order valence-electron chi connectivity index (χ2n) is 4.54. The highest BCUT2D eigenvalue weighted by atomic mass is 32.1. The standard InChI is InChI=1S/C14H12N2OS2/c15-8-10-9(12-3-1-5-18-12)7-11(16-14(10)17)13-4-2-6-19-13/h1-6,9-11H,7H2,(H,16,17)/t9-,10+,11+/m0/s1. The fourth-order valence-corrected chi connectivity index (χ4v) is 4.17. The predicted octanol–water partition coefficient (Wildman–Crippen LogP) is 3.29. The van der Waals surface area contributed by atoms with Crippen LogP contribution in [0.4, 0.5) is 0 Å². The first-order valence-corrected chi connectivity index (χ1v) is 7.82. The van der Waals surface area contributed by atoms with E-state index in [4.69, 9.17) is 0 Å². The van der Waals surface area contributed by atoms with E-state index in [0.717, 1.165) is 16.2 Å². The van der Waals surface area contributed by atoms with Crippen LogP contribution in [-0.2, 0) is 4.79 Å². The first kappa shape index (κ1) is 12.4. The number of carbonyl (C=O) groups excluding carboxylic acids is 1. The molecule has 0 aromatic carbocycles. The Labute approximate surface area is 119 Å². The second-order valence-corrected chi connectivity index (χ2v) is 6.50. The van der Waals surface area contributed by atoms with Crippen LogP contribution in [0.15, 0.2) is 35.0 Å². The van der Waals surface area contributed by atoms with Crippen molar-refractivity contribution in [2.75, 3.05) is 0 Å². The molecule has 96 valence electrons. The third-order valence-corrected chi connectivity index (χ3v) is 5.42. The Kier molecular flexibility index (Phi) is 3.36. The summed E-state index contributed by atoms with van der Waals surface area (Å²) >= 11 is 3.27. The molecule has 3 atom stereocenters. The van der Waals surface area contributed by atoms with Crippen molar-refractivity contribution < 1.29 is 4.79 Å². The van der Waals surface area contributed by atoms with E-state index in [9.17, 15) is 10.1 Å². The number of hydrogen-bond acceptors (Lipinski definition) is 4. The number of piperidine rings is 1. The molecule has 1 amide bonds. The van der Waals surface area contributed by atoms with E-state index < -0.39 is 5.92 Å².